The summed E-state index contributed by atoms with van der Waals surface area (Å²) in [5.41, 5.74) is 0. The summed E-state index contributed by atoms with van der Waals surface area (Å²) >= 11 is 0. The Balaban J connectivity index is 1.64. The third kappa shape index (κ3) is 2.75. The van der Waals surface area contributed by atoms with E-state index in [1.807, 2.05) is 25.6 Å². The fraction of sp³-hybridized carbons (Fsp3) is 0.643. The molecule has 2 atom stereocenters. The van der Waals surface area contributed by atoms with Crippen LogP contribution in [0, 0.1) is 6.92 Å². The van der Waals surface area contributed by atoms with Gasteiger partial charge in [-0.25, -0.2) is 4.98 Å². The molecule has 6 nitrogen and oxygen atoms in total. The number of likely N-dealkylation sites (tertiary alicyclic amines) is 1. The molecule has 3 heterocycles. The molecule has 0 aliphatic carbocycles. The van der Waals surface area contributed by atoms with Gasteiger partial charge in [-0.3, -0.25) is 4.90 Å². The first kappa shape index (κ1) is 13.3. The van der Waals surface area contributed by atoms with Crippen molar-refractivity contribution in [3.8, 4) is 0 Å². The summed E-state index contributed by atoms with van der Waals surface area (Å²) < 4.78 is 7.75. The Labute approximate surface area is 118 Å². The van der Waals surface area contributed by atoms with Gasteiger partial charge in [0.05, 0.1) is 12.2 Å². The second kappa shape index (κ2) is 5.75. The SMILES string of the molecule is Cc1nnc([C@H]2CCCN(CCn3ccnc3)[C@H]2C)o1. The van der Waals surface area contributed by atoms with E-state index in [0.29, 0.717) is 17.9 Å². The van der Waals surface area contributed by atoms with Crippen LogP contribution < -0.4 is 0 Å². The molecule has 1 saturated heterocycles. The molecule has 20 heavy (non-hydrogen) atoms. The van der Waals surface area contributed by atoms with Gasteiger partial charge in [0.15, 0.2) is 0 Å². The molecule has 2 aromatic heterocycles. The number of imidazole rings is 1. The molecule has 0 saturated carbocycles. The Hall–Kier alpha value is -1.69. The van der Waals surface area contributed by atoms with E-state index in [-0.39, 0.29) is 0 Å². The maximum atomic E-state index is 5.63. The van der Waals surface area contributed by atoms with Gasteiger partial charge in [-0.05, 0) is 26.3 Å². The van der Waals surface area contributed by atoms with E-state index in [0.717, 1.165) is 31.9 Å². The van der Waals surface area contributed by atoms with Crippen LogP contribution in [-0.4, -0.2) is 43.8 Å². The van der Waals surface area contributed by atoms with E-state index >= 15 is 0 Å². The summed E-state index contributed by atoms with van der Waals surface area (Å²) in [7, 11) is 0. The minimum absolute atomic E-state index is 0.354. The summed E-state index contributed by atoms with van der Waals surface area (Å²) in [6.45, 7) is 7.25. The quantitative estimate of drug-likeness (QED) is 0.852. The molecule has 0 unspecified atom stereocenters. The lowest BCUT2D eigenvalue weighted by molar-refractivity contribution is 0.122. The summed E-state index contributed by atoms with van der Waals surface area (Å²) in [4.78, 5) is 6.59. The molecule has 6 heteroatoms. The van der Waals surface area contributed by atoms with Crippen molar-refractivity contribution in [1.82, 2.24) is 24.6 Å². The Morgan fingerprint density at radius 3 is 2.95 bits per heavy atom. The Bertz CT molecular complexity index is 536. The lowest BCUT2D eigenvalue weighted by atomic mass is 9.90. The number of aryl methyl sites for hydroxylation is 1. The molecular weight excluding hydrogens is 254 g/mol. The van der Waals surface area contributed by atoms with Crippen molar-refractivity contribution in [2.45, 2.75) is 45.2 Å². The van der Waals surface area contributed by atoms with Crippen molar-refractivity contribution in [3.05, 3.63) is 30.5 Å². The first-order valence-corrected chi connectivity index (χ1v) is 7.24. The summed E-state index contributed by atoms with van der Waals surface area (Å²) in [6.07, 6.45) is 8.01. The molecule has 0 spiro atoms. The molecule has 1 aliphatic heterocycles. The number of piperidine rings is 1. The third-order valence-corrected chi connectivity index (χ3v) is 4.18. The zero-order chi connectivity index (χ0) is 13.9. The minimum atomic E-state index is 0.354. The van der Waals surface area contributed by atoms with Gasteiger partial charge < -0.3 is 8.98 Å². The topological polar surface area (TPSA) is 60.0 Å². The van der Waals surface area contributed by atoms with Crippen molar-refractivity contribution in [2.24, 2.45) is 0 Å². The van der Waals surface area contributed by atoms with E-state index < -0.39 is 0 Å². The smallest absolute Gasteiger partial charge is 0.221 e. The van der Waals surface area contributed by atoms with Crippen molar-refractivity contribution in [2.75, 3.05) is 13.1 Å². The van der Waals surface area contributed by atoms with Crippen LogP contribution >= 0.6 is 0 Å². The summed E-state index contributed by atoms with van der Waals surface area (Å²) in [5.74, 6) is 1.80. The Kier molecular flexibility index (Phi) is 3.82. The van der Waals surface area contributed by atoms with Crippen LogP contribution in [0.5, 0.6) is 0 Å². The number of hydrogen-bond acceptors (Lipinski definition) is 5. The molecule has 0 aromatic carbocycles. The van der Waals surface area contributed by atoms with E-state index in [2.05, 4.69) is 31.6 Å². The highest BCUT2D eigenvalue weighted by Gasteiger charge is 2.32. The van der Waals surface area contributed by atoms with Gasteiger partial charge >= 0.3 is 0 Å². The second-order valence-electron chi connectivity index (χ2n) is 5.49. The maximum Gasteiger partial charge on any atom is 0.221 e. The largest absolute Gasteiger partial charge is 0.425 e. The highest BCUT2D eigenvalue weighted by atomic mass is 16.4. The van der Waals surface area contributed by atoms with Crippen molar-refractivity contribution < 1.29 is 4.42 Å². The van der Waals surface area contributed by atoms with Crippen molar-refractivity contribution in [3.63, 3.8) is 0 Å². The van der Waals surface area contributed by atoms with E-state index in [1.54, 1.807) is 0 Å². The highest BCUT2D eigenvalue weighted by Crippen LogP contribution is 2.31. The highest BCUT2D eigenvalue weighted by molar-refractivity contribution is 4.99. The predicted octanol–water partition coefficient (Wildman–Crippen LogP) is 1.84. The average molecular weight is 275 g/mol. The van der Waals surface area contributed by atoms with E-state index in [9.17, 15) is 0 Å². The van der Waals surface area contributed by atoms with Crippen LogP contribution in [0.2, 0.25) is 0 Å². The molecule has 0 bridgehead atoms. The molecular formula is C14H21N5O. The number of aromatic nitrogens is 4. The minimum Gasteiger partial charge on any atom is -0.425 e. The normalized spacial score (nSPS) is 24.1. The first-order chi connectivity index (χ1) is 9.74. The zero-order valence-electron chi connectivity index (χ0n) is 12.1. The van der Waals surface area contributed by atoms with Gasteiger partial charge in [-0.2, -0.15) is 0 Å². The summed E-state index contributed by atoms with van der Waals surface area (Å²) in [5, 5.41) is 8.17. The fourth-order valence-electron chi connectivity index (χ4n) is 2.98. The van der Waals surface area contributed by atoms with Gasteiger partial charge in [0, 0.05) is 38.4 Å². The predicted molar refractivity (Wildman–Crippen MR) is 74.3 cm³/mol. The lowest BCUT2D eigenvalue weighted by Crippen LogP contribution is -2.43. The zero-order valence-corrected chi connectivity index (χ0v) is 12.1. The van der Waals surface area contributed by atoms with E-state index in [1.165, 1.54) is 6.42 Å². The monoisotopic (exact) mass is 275 g/mol. The van der Waals surface area contributed by atoms with Crippen LogP contribution in [0.3, 0.4) is 0 Å². The molecule has 1 fully saturated rings. The van der Waals surface area contributed by atoms with Crippen LogP contribution in [0.25, 0.3) is 0 Å². The molecule has 0 amide bonds. The second-order valence-corrected chi connectivity index (χ2v) is 5.49. The first-order valence-electron chi connectivity index (χ1n) is 7.24. The fourth-order valence-corrected chi connectivity index (χ4v) is 2.98. The van der Waals surface area contributed by atoms with Gasteiger partial charge in [-0.15, -0.1) is 10.2 Å². The molecule has 0 N–H and O–H groups in total. The molecule has 2 aromatic rings. The maximum absolute atomic E-state index is 5.63. The van der Waals surface area contributed by atoms with Crippen molar-refractivity contribution >= 4 is 0 Å². The lowest BCUT2D eigenvalue weighted by Gasteiger charge is -2.37. The van der Waals surface area contributed by atoms with Crippen LogP contribution in [0.15, 0.2) is 23.1 Å². The number of nitrogens with zero attached hydrogens (tertiary/aromatic N) is 5. The Morgan fingerprint density at radius 2 is 2.25 bits per heavy atom. The van der Waals surface area contributed by atoms with Crippen LogP contribution in [-0.2, 0) is 6.54 Å². The van der Waals surface area contributed by atoms with Gasteiger partial charge in [0.25, 0.3) is 0 Å². The van der Waals surface area contributed by atoms with Crippen LogP contribution in [0.4, 0.5) is 0 Å². The Morgan fingerprint density at radius 1 is 1.35 bits per heavy atom. The van der Waals surface area contributed by atoms with E-state index in [4.69, 9.17) is 4.42 Å². The van der Waals surface area contributed by atoms with Gasteiger partial charge in [-0.1, -0.05) is 0 Å². The molecule has 1 aliphatic rings. The summed E-state index contributed by atoms with van der Waals surface area (Å²) in [6, 6.07) is 0.437. The number of hydrogen-bond donors (Lipinski definition) is 0. The standard InChI is InChI=1S/C14H21N5O/c1-11-13(14-17-16-12(2)20-14)4-3-6-19(11)9-8-18-7-5-15-10-18/h5,7,10-11,13H,3-4,6,8-9H2,1-2H3/t11-,13-/m0/s1. The van der Waals surface area contributed by atoms with Crippen molar-refractivity contribution in [1.29, 1.82) is 0 Å². The molecule has 0 radical (unpaired) electrons. The third-order valence-electron chi connectivity index (χ3n) is 4.18. The van der Waals surface area contributed by atoms with Gasteiger partial charge in [0.2, 0.25) is 11.8 Å². The molecule has 3 rings (SSSR count). The number of rotatable bonds is 4. The molecule has 108 valence electrons. The van der Waals surface area contributed by atoms with Crippen LogP contribution in [0.1, 0.15) is 37.5 Å². The average Bonchev–Trinajstić information content (AvgIpc) is 3.09. The van der Waals surface area contributed by atoms with Gasteiger partial charge in [0.1, 0.15) is 0 Å².